The molecule has 1 heterocycles. The van der Waals surface area contributed by atoms with E-state index in [9.17, 15) is 8.42 Å². The van der Waals surface area contributed by atoms with Gasteiger partial charge in [0.05, 0.1) is 6.20 Å². The van der Waals surface area contributed by atoms with Crippen molar-refractivity contribution in [3.05, 3.63) is 36.3 Å². The van der Waals surface area contributed by atoms with Crippen molar-refractivity contribution < 1.29 is 8.42 Å². The molecule has 0 saturated carbocycles. The number of anilines is 2. The van der Waals surface area contributed by atoms with Crippen LogP contribution >= 0.6 is 0 Å². The second-order valence-corrected chi connectivity index (χ2v) is 5.43. The van der Waals surface area contributed by atoms with Gasteiger partial charge < -0.3 is 10.7 Å². The minimum absolute atomic E-state index is 0.0520. The summed E-state index contributed by atoms with van der Waals surface area (Å²) in [6, 6.07) is 6.46. The SMILES string of the molecule is CCc1ncc(S(=O)(=O)Nc2ccc(N)cc2)[nH]1. The Morgan fingerprint density at radius 3 is 2.56 bits per heavy atom. The molecule has 0 fully saturated rings. The van der Waals surface area contributed by atoms with Crippen LogP contribution in [0.3, 0.4) is 0 Å². The van der Waals surface area contributed by atoms with E-state index in [4.69, 9.17) is 5.73 Å². The fraction of sp³-hybridized carbons (Fsp3) is 0.182. The molecule has 2 rings (SSSR count). The second kappa shape index (κ2) is 4.69. The highest BCUT2D eigenvalue weighted by molar-refractivity contribution is 7.92. The van der Waals surface area contributed by atoms with Gasteiger partial charge in [-0.05, 0) is 24.3 Å². The molecule has 0 radical (unpaired) electrons. The van der Waals surface area contributed by atoms with Gasteiger partial charge in [-0.25, -0.2) is 4.98 Å². The number of imidazole rings is 1. The van der Waals surface area contributed by atoms with Crippen LogP contribution in [0.15, 0.2) is 35.5 Å². The highest BCUT2D eigenvalue weighted by Gasteiger charge is 2.16. The number of aromatic nitrogens is 2. The molecule has 0 atom stereocenters. The van der Waals surface area contributed by atoms with Gasteiger partial charge in [0.15, 0.2) is 5.03 Å². The molecule has 4 N–H and O–H groups in total. The predicted molar refractivity (Wildman–Crippen MR) is 69.6 cm³/mol. The number of hydrogen-bond donors (Lipinski definition) is 3. The number of nitrogens with one attached hydrogen (secondary N) is 2. The van der Waals surface area contributed by atoms with Gasteiger partial charge in [-0.2, -0.15) is 8.42 Å². The minimum atomic E-state index is -3.62. The Kier molecular flexibility index (Phi) is 3.24. The van der Waals surface area contributed by atoms with Crippen molar-refractivity contribution >= 4 is 21.4 Å². The molecule has 6 nitrogen and oxygen atoms in total. The van der Waals surface area contributed by atoms with E-state index in [0.717, 1.165) is 0 Å². The standard InChI is InChI=1S/C11H14N4O2S/c1-2-10-13-7-11(14-10)18(16,17)15-9-5-3-8(12)4-6-9/h3-7,15H,2,12H2,1H3,(H,13,14). The average Bonchev–Trinajstić information content (AvgIpc) is 2.81. The molecule has 0 aliphatic heterocycles. The van der Waals surface area contributed by atoms with Gasteiger partial charge in [0, 0.05) is 17.8 Å². The van der Waals surface area contributed by atoms with Gasteiger partial charge in [-0.15, -0.1) is 0 Å². The monoisotopic (exact) mass is 266 g/mol. The smallest absolute Gasteiger partial charge is 0.278 e. The Hall–Kier alpha value is -2.02. The number of benzene rings is 1. The van der Waals surface area contributed by atoms with Crippen LogP contribution in [-0.2, 0) is 16.4 Å². The molecule has 0 saturated heterocycles. The zero-order chi connectivity index (χ0) is 13.2. The maximum absolute atomic E-state index is 12.0. The lowest BCUT2D eigenvalue weighted by atomic mass is 10.3. The van der Waals surface area contributed by atoms with Crippen LogP contribution in [0.2, 0.25) is 0 Å². The fourth-order valence-electron chi connectivity index (χ4n) is 1.42. The molecule has 1 aromatic carbocycles. The van der Waals surface area contributed by atoms with Crippen molar-refractivity contribution in [3.8, 4) is 0 Å². The topological polar surface area (TPSA) is 101 Å². The third-order valence-electron chi connectivity index (χ3n) is 2.39. The lowest BCUT2D eigenvalue weighted by Gasteiger charge is -2.06. The van der Waals surface area contributed by atoms with Crippen LogP contribution in [0.1, 0.15) is 12.7 Å². The second-order valence-electron chi connectivity index (χ2n) is 3.78. The van der Waals surface area contributed by atoms with Gasteiger partial charge in [0.2, 0.25) is 0 Å². The van der Waals surface area contributed by atoms with Gasteiger partial charge >= 0.3 is 0 Å². The maximum Gasteiger partial charge on any atom is 0.278 e. The first-order valence-corrected chi connectivity index (χ1v) is 6.92. The Morgan fingerprint density at radius 1 is 1.33 bits per heavy atom. The minimum Gasteiger partial charge on any atom is -0.399 e. The largest absolute Gasteiger partial charge is 0.399 e. The molecule has 18 heavy (non-hydrogen) atoms. The number of hydrogen-bond acceptors (Lipinski definition) is 4. The average molecular weight is 266 g/mol. The molecule has 0 aliphatic rings. The highest BCUT2D eigenvalue weighted by atomic mass is 32.2. The van der Waals surface area contributed by atoms with E-state index in [1.54, 1.807) is 24.3 Å². The summed E-state index contributed by atoms with van der Waals surface area (Å²) in [4.78, 5) is 6.71. The normalized spacial score (nSPS) is 11.4. The Balaban J connectivity index is 2.24. The van der Waals surface area contributed by atoms with E-state index in [-0.39, 0.29) is 5.03 Å². The van der Waals surface area contributed by atoms with Gasteiger partial charge in [0.1, 0.15) is 5.82 Å². The van der Waals surface area contributed by atoms with Crippen molar-refractivity contribution in [2.24, 2.45) is 0 Å². The predicted octanol–water partition coefficient (Wildman–Crippen LogP) is 1.36. The first kappa shape index (κ1) is 12.4. The molecule has 1 aromatic heterocycles. The van der Waals surface area contributed by atoms with Crippen LogP contribution in [0, 0.1) is 0 Å². The van der Waals surface area contributed by atoms with Crippen molar-refractivity contribution in [2.45, 2.75) is 18.4 Å². The molecule has 0 unspecified atom stereocenters. The van der Waals surface area contributed by atoms with Gasteiger partial charge in [0.25, 0.3) is 10.0 Å². The summed E-state index contributed by atoms with van der Waals surface area (Å²) in [7, 11) is -3.62. The van der Waals surface area contributed by atoms with Gasteiger partial charge in [-0.1, -0.05) is 6.92 Å². The summed E-state index contributed by atoms with van der Waals surface area (Å²) in [5, 5.41) is 0.0520. The van der Waals surface area contributed by atoms with E-state index >= 15 is 0 Å². The molecule has 7 heteroatoms. The first-order chi connectivity index (χ1) is 8.51. The molecule has 0 amide bonds. The number of rotatable bonds is 4. The summed E-state index contributed by atoms with van der Waals surface area (Å²) in [5.74, 6) is 0.632. The number of aromatic amines is 1. The Labute approximate surface area is 105 Å². The molecular weight excluding hydrogens is 252 g/mol. The highest BCUT2D eigenvalue weighted by Crippen LogP contribution is 2.16. The van der Waals surface area contributed by atoms with Crippen molar-refractivity contribution in [3.63, 3.8) is 0 Å². The van der Waals surface area contributed by atoms with Crippen molar-refractivity contribution in [2.75, 3.05) is 10.5 Å². The fourth-order valence-corrected chi connectivity index (χ4v) is 2.42. The van der Waals surface area contributed by atoms with Crippen LogP contribution in [-0.4, -0.2) is 18.4 Å². The van der Waals surface area contributed by atoms with Crippen LogP contribution in [0.4, 0.5) is 11.4 Å². The maximum atomic E-state index is 12.0. The number of nitrogen functional groups attached to an aromatic ring is 1. The van der Waals surface area contributed by atoms with Crippen LogP contribution in [0.5, 0.6) is 0 Å². The van der Waals surface area contributed by atoms with E-state index in [1.165, 1.54) is 6.20 Å². The number of sulfonamides is 1. The Bertz CT molecular complexity index is 631. The first-order valence-electron chi connectivity index (χ1n) is 5.43. The summed E-state index contributed by atoms with van der Waals surface area (Å²) in [6.07, 6.45) is 1.95. The van der Waals surface area contributed by atoms with E-state index in [1.807, 2.05) is 6.92 Å². The van der Waals surface area contributed by atoms with Gasteiger partial charge in [-0.3, -0.25) is 4.72 Å². The number of nitrogens with two attached hydrogens (primary N) is 1. The van der Waals surface area contributed by atoms with Crippen LogP contribution in [0.25, 0.3) is 0 Å². The lowest BCUT2D eigenvalue weighted by Crippen LogP contribution is -2.13. The zero-order valence-electron chi connectivity index (χ0n) is 9.84. The number of aryl methyl sites for hydroxylation is 1. The molecule has 0 spiro atoms. The summed E-state index contributed by atoms with van der Waals surface area (Å²) >= 11 is 0. The quantitative estimate of drug-likeness (QED) is 0.727. The lowest BCUT2D eigenvalue weighted by molar-refractivity contribution is 0.598. The molecular formula is C11H14N4O2S. The summed E-state index contributed by atoms with van der Waals surface area (Å²) in [5.41, 5.74) is 6.56. The van der Waals surface area contributed by atoms with Crippen molar-refractivity contribution in [1.29, 1.82) is 0 Å². The molecule has 2 aromatic rings. The zero-order valence-corrected chi connectivity index (χ0v) is 10.7. The molecule has 0 aliphatic carbocycles. The van der Waals surface area contributed by atoms with E-state index in [0.29, 0.717) is 23.6 Å². The number of H-pyrrole nitrogens is 1. The summed E-state index contributed by atoms with van der Waals surface area (Å²) in [6.45, 7) is 1.89. The number of nitrogens with zero attached hydrogens (tertiary/aromatic N) is 1. The van der Waals surface area contributed by atoms with Crippen LogP contribution < -0.4 is 10.5 Å². The molecule has 0 bridgehead atoms. The van der Waals surface area contributed by atoms with E-state index in [2.05, 4.69) is 14.7 Å². The van der Waals surface area contributed by atoms with E-state index < -0.39 is 10.0 Å². The molecule has 96 valence electrons. The Morgan fingerprint density at radius 2 is 2.00 bits per heavy atom. The third kappa shape index (κ3) is 2.62. The van der Waals surface area contributed by atoms with Crippen molar-refractivity contribution in [1.82, 2.24) is 9.97 Å². The summed E-state index contributed by atoms with van der Waals surface area (Å²) < 4.78 is 26.4. The third-order valence-corrected chi connectivity index (χ3v) is 3.68.